The Kier molecular flexibility index (Phi) is 6.49. The van der Waals surface area contributed by atoms with Gasteiger partial charge in [-0.15, -0.1) is 0 Å². The van der Waals surface area contributed by atoms with Gasteiger partial charge in [-0.05, 0) is 24.6 Å². The van der Waals surface area contributed by atoms with Gasteiger partial charge < -0.3 is 29.0 Å². The molecule has 3 aromatic rings. The Balaban J connectivity index is 1.65. The first-order valence-electron chi connectivity index (χ1n) is 11.0. The van der Waals surface area contributed by atoms with Crippen molar-refractivity contribution < 1.29 is 19.0 Å². The molecule has 10 heteroatoms. The van der Waals surface area contributed by atoms with Gasteiger partial charge in [0.25, 0.3) is 5.56 Å². The Bertz CT molecular complexity index is 1270. The number of rotatable bonds is 8. The van der Waals surface area contributed by atoms with Crippen LogP contribution < -0.4 is 29.6 Å². The van der Waals surface area contributed by atoms with Crippen molar-refractivity contribution >= 4 is 28.6 Å². The summed E-state index contributed by atoms with van der Waals surface area (Å²) in [5.74, 6) is 1.43. The molecule has 0 bridgehead atoms. The van der Waals surface area contributed by atoms with Crippen LogP contribution in [0.2, 0.25) is 0 Å². The number of hydrogen-bond donors (Lipinski definition) is 1. The number of nitrogens with zero attached hydrogens (tertiary/aromatic N) is 4. The molecule has 1 fully saturated rings. The second-order valence-electron chi connectivity index (χ2n) is 7.97. The normalized spacial score (nSPS) is 13.5. The van der Waals surface area contributed by atoms with Gasteiger partial charge in [0.2, 0.25) is 11.7 Å². The summed E-state index contributed by atoms with van der Waals surface area (Å²) in [7, 11) is 6.31. The predicted molar refractivity (Wildman–Crippen MR) is 131 cm³/mol. The summed E-state index contributed by atoms with van der Waals surface area (Å²) < 4.78 is 16.2. The number of ether oxygens (including phenoxy) is 3. The van der Waals surface area contributed by atoms with Crippen LogP contribution in [0.15, 0.2) is 35.1 Å². The minimum atomic E-state index is -0.440. The van der Waals surface area contributed by atoms with Crippen LogP contribution in [0.4, 0.5) is 16.4 Å². The first kappa shape index (κ1) is 23.2. The van der Waals surface area contributed by atoms with E-state index in [1.165, 1.54) is 21.3 Å². The Morgan fingerprint density at radius 2 is 1.82 bits per heavy atom. The standard InChI is InChI=1S/C24H29N5O5/c1-6-28-10-11-29(24(28)31)16-9-7-8-15(12-16)14-27(2)23-25-17-13-18(32-3)20(33-4)21(34-5)19(17)22(30)26-23/h7-9,12-13H,6,10-11,14H2,1-5H3,(H,25,26,30). The number of hydrogen-bond acceptors (Lipinski definition) is 7. The van der Waals surface area contributed by atoms with Crippen molar-refractivity contribution in [2.75, 3.05) is 57.8 Å². The van der Waals surface area contributed by atoms with Gasteiger partial charge in [-0.2, -0.15) is 4.98 Å². The number of fused-ring (bicyclic) bond motifs is 1. The van der Waals surface area contributed by atoms with E-state index in [2.05, 4.69) is 9.97 Å². The van der Waals surface area contributed by atoms with Crippen LogP contribution in [0.1, 0.15) is 12.5 Å². The number of carbonyl (C=O) groups is 1. The van der Waals surface area contributed by atoms with Gasteiger partial charge in [-0.25, -0.2) is 4.79 Å². The maximum Gasteiger partial charge on any atom is 0.324 e. The molecule has 34 heavy (non-hydrogen) atoms. The van der Waals surface area contributed by atoms with E-state index in [1.807, 2.05) is 48.0 Å². The number of nitrogens with one attached hydrogen (secondary N) is 1. The van der Waals surface area contributed by atoms with E-state index in [9.17, 15) is 9.59 Å². The van der Waals surface area contributed by atoms with E-state index in [4.69, 9.17) is 14.2 Å². The number of urea groups is 1. The molecule has 2 aromatic carbocycles. The lowest BCUT2D eigenvalue weighted by molar-refractivity contribution is 0.223. The second-order valence-corrected chi connectivity index (χ2v) is 7.97. The molecule has 0 radical (unpaired) electrons. The third kappa shape index (κ3) is 4.07. The molecule has 10 nitrogen and oxygen atoms in total. The number of methoxy groups -OCH3 is 3. The second kappa shape index (κ2) is 9.50. The van der Waals surface area contributed by atoms with E-state index >= 15 is 0 Å². The highest BCUT2D eigenvalue weighted by Crippen LogP contribution is 2.41. The number of carbonyl (C=O) groups excluding carboxylic acids is 1. The molecule has 1 aliphatic heterocycles. The molecule has 1 N–H and O–H groups in total. The SMILES string of the molecule is CCN1CCN(c2cccc(CN(C)c3nc(=O)c4c(OC)c(OC)c(OC)cc4[nH]3)c2)C1=O. The van der Waals surface area contributed by atoms with E-state index in [1.54, 1.807) is 11.0 Å². The molecule has 2 heterocycles. The highest BCUT2D eigenvalue weighted by atomic mass is 16.5. The van der Waals surface area contributed by atoms with Crippen molar-refractivity contribution in [3.8, 4) is 17.2 Å². The van der Waals surface area contributed by atoms with Gasteiger partial charge in [0.1, 0.15) is 5.39 Å². The summed E-state index contributed by atoms with van der Waals surface area (Å²) >= 11 is 0. The van der Waals surface area contributed by atoms with Gasteiger partial charge >= 0.3 is 6.03 Å². The lowest BCUT2D eigenvalue weighted by atomic mass is 10.1. The summed E-state index contributed by atoms with van der Waals surface area (Å²) in [6.45, 7) is 4.54. The quantitative estimate of drug-likeness (QED) is 0.544. The lowest BCUT2D eigenvalue weighted by Crippen LogP contribution is -2.31. The molecule has 4 rings (SSSR count). The number of benzene rings is 2. The van der Waals surface area contributed by atoms with Crippen molar-refractivity contribution in [1.29, 1.82) is 0 Å². The Morgan fingerprint density at radius 3 is 2.47 bits per heavy atom. The summed E-state index contributed by atoms with van der Waals surface area (Å²) in [6.07, 6.45) is 0. The summed E-state index contributed by atoms with van der Waals surface area (Å²) in [4.78, 5) is 38.4. The number of anilines is 2. The minimum Gasteiger partial charge on any atom is -0.493 e. The van der Waals surface area contributed by atoms with Crippen molar-refractivity contribution in [2.24, 2.45) is 0 Å². The van der Waals surface area contributed by atoms with Gasteiger partial charge in [-0.1, -0.05) is 12.1 Å². The van der Waals surface area contributed by atoms with Crippen LogP contribution in [0, 0.1) is 0 Å². The average Bonchev–Trinajstić information content (AvgIpc) is 3.22. The molecular weight excluding hydrogens is 438 g/mol. The highest BCUT2D eigenvalue weighted by molar-refractivity contribution is 5.94. The molecule has 0 spiro atoms. The topological polar surface area (TPSA) is 100 Å². The number of H-pyrrole nitrogens is 1. The van der Waals surface area contributed by atoms with Gasteiger partial charge in [-0.3, -0.25) is 9.69 Å². The molecule has 0 atom stereocenters. The summed E-state index contributed by atoms with van der Waals surface area (Å²) in [6, 6.07) is 9.54. The van der Waals surface area contributed by atoms with Crippen LogP contribution in [0.25, 0.3) is 10.9 Å². The molecular formula is C24H29N5O5. The van der Waals surface area contributed by atoms with Gasteiger partial charge in [0.15, 0.2) is 11.5 Å². The zero-order valence-electron chi connectivity index (χ0n) is 20.0. The molecule has 180 valence electrons. The van der Waals surface area contributed by atoms with Crippen molar-refractivity contribution in [2.45, 2.75) is 13.5 Å². The molecule has 0 unspecified atom stereocenters. The van der Waals surface area contributed by atoms with Crippen LogP contribution in [0.5, 0.6) is 17.2 Å². The van der Waals surface area contributed by atoms with Crippen molar-refractivity contribution in [1.82, 2.24) is 14.9 Å². The predicted octanol–water partition coefficient (Wildman–Crippen LogP) is 2.85. The van der Waals surface area contributed by atoms with Crippen molar-refractivity contribution in [3.05, 3.63) is 46.2 Å². The Hall–Kier alpha value is -3.95. The average molecular weight is 468 g/mol. The number of aromatic amines is 1. The largest absolute Gasteiger partial charge is 0.493 e. The smallest absolute Gasteiger partial charge is 0.324 e. The van der Waals surface area contributed by atoms with E-state index in [-0.39, 0.29) is 17.2 Å². The van der Waals surface area contributed by atoms with E-state index < -0.39 is 5.56 Å². The van der Waals surface area contributed by atoms with Gasteiger partial charge in [0, 0.05) is 45.0 Å². The van der Waals surface area contributed by atoms with E-state index in [0.29, 0.717) is 42.6 Å². The fourth-order valence-electron chi connectivity index (χ4n) is 4.24. The van der Waals surface area contributed by atoms with Crippen LogP contribution in [-0.4, -0.2) is 68.9 Å². The number of aromatic nitrogens is 2. The van der Waals surface area contributed by atoms with Crippen LogP contribution in [-0.2, 0) is 6.54 Å². The summed E-state index contributed by atoms with van der Waals surface area (Å²) in [5.41, 5.74) is 1.92. The molecule has 0 saturated carbocycles. The lowest BCUT2D eigenvalue weighted by Gasteiger charge is -2.21. The molecule has 2 amide bonds. The van der Waals surface area contributed by atoms with Gasteiger partial charge in [0.05, 0.1) is 26.8 Å². The first-order chi connectivity index (χ1) is 16.4. The fourth-order valence-corrected chi connectivity index (χ4v) is 4.24. The molecule has 1 saturated heterocycles. The maximum absolute atomic E-state index is 12.9. The Labute approximate surface area is 197 Å². The molecule has 0 aliphatic carbocycles. The van der Waals surface area contributed by atoms with Crippen LogP contribution >= 0.6 is 0 Å². The van der Waals surface area contributed by atoms with E-state index in [0.717, 1.165) is 17.8 Å². The summed E-state index contributed by atoms with van der Waals surface area (Å²) in [5, 5.41) is 0.285. The molecule has 1 aliphatic rings. The monoisotopic (exact) mass is 467 g/mol. The van der Waals surface area contributed by atoms with Crippen LogP contribution in [0.3, 0.4) is 0 Å². The number of amides is 2. The third-order valence-electron chi connectivity index (χ3n) is 5.98. The maximum atomic E-state index is 12.9. The zero-order chi connectivity index (χ0) is 24.4. The van der Waals surface area contributed by atoms with Crippen molar-refractivity contribution in [3.63, 3.8) is 0 Å². The fraction of sp³-hybridized carbons (Fsp3) is 0.375. The first-order valence-corrected chi connectivity index (χ1v) is 11.0. The zero-order valence-corrected chi connectivity index (χ0v) is 20.0. The highest BCUT2D eigenvalue weighted by Gasteiger charge is 2.28. The number of likely N-dealkylation sites (N-methyl/N-ethyl adjacent to an activating group) is 1. The molecule has 1 aromatic heterocycles. The third-order valence-corrected chi connectivity index (χ3v) is 5.98. The Morgan fingerprint density at radius 1 is 1.06 bits per heavy atom. The minimum absolute atomic E-state index is 0.0202.